The van der Waals surface area contributed by atoms with Crippen molar-refractivity contribution in [1.29, 1.82) is 0 Å². The molecule has 0 aliphatic carbocycles. The Morgan fingerprint density at radius 1 is 1.23 bits per heavy atom. The van der Waals surface area contributed by atoms with Crippen molar-refractivity contribution in [3.8, 4) is 0 Å². The largest absolute Gasteiger partial charge is 0.480 e. The number of H-pyrrole nitrogens is 1. The van der Waals surface area contributed by atoms with Gasteiger partial charge in [-0.05, 0) is 56.3 Å². The Hall–Kier alpha value is -2.90. The second-order valence-corrected chi connectivity index (χ2v) is 8.13. The lowest BCUT2D eigenvalue weighted by molar-refractivity contribution is -0.144. The molecule has 2 aromatic carbocycles. The number of carbonyl (C=O) groups is 1. The fourth-order valence-electron chi connectivity index (χ4n) is 4.48. The molecule has 2 N–H and O–H groups in total. The van der Waals surface area contributed by atoms with Crippen LogP contribution in [0.5, 0.6) is 0 Å². The molecule has 0 spiro atoms. The third-order valence-corrected chi connectivity index (χ3v) is 6.18. The Labute approximate surface area is 176 Å². The minimum atomic E-state index is -0.892. The maximum atomic E-state index is 13.4. The number of nitrogens with zero attached hydrogens (tertiary/aromatic N) is 2. The van der Waals surface area contributed by atoms with Crippen LogP contribution in [0.2, 0.25) is 5.02 Å². The van der Waals surface area contributed by atoms with Crippen LogP contribution >= 0.6 is 11.6 Å². The van der Waals surface area contributed by atoms with E-state index in [1.807, 2.05) is 11.0 Å². The smallest absolute Gasteiger partial charge is 0.325 e. The van der Waals surface area contributed by atoms with E-state index in [0.29, 0.717) is 29.3 Å². The van der Waals surface area contributed by atoms with Crippen LogP contribution in [0.4, 0.5) is 4.39 Å². The van der Waals surface area contributed by atoms with Gasteiger partial charge in [-0.15, -0.1) is 0 Å². The molecule has 0 radical (unpaired) electrons. The first-order chi connectivity index (χ1) is 14.5. The van der Waals surface area contributed by atoms with Crippen LogP contribution in [0.15, 0.2) is 47.1 Å². The van der Waals surface area contributed by atoms with Gasteiger partial charge >= 0.3 is 5.97 Å². The van der Waals surface area contributed by atoms with Gasteiger partial charge < -0.3 is 14.6 Å². The molecule has 154 valence electrons. The molecule has 4 aromatic rings. The van der Waals surface area contributed by atoms with Crippen molar-refractivity contribution in [1.82, 2.24) is 15.0 Å². The Bertz CT molecular complexity index is 1240. The summed E-state index contributed by atoms with van der Waals surface area (Å²) >= 11 is 6.14. The number of aliphatic carboxylic acids is 1. The van der Waals surface area contributed by atoms with Gasteiger partial charge in [0.05, 0.1) is 5.69 Å². The highest BCUT2D eigenvalue weighted by molar-refractivity contribution is 6.31. The number of carboxylic acid groups (broad SMARTS) is 1. The van der Waals surface area contributed by atoms with Crippen LogP contribution in [0, 0.1) is 5.82 Å². The predicted octanol–water partition coefficient (Wildman–Crippen LogP) is 5.11. The number of piperidine rings is 1. The summed E-state index contributed by atoms with van der Waals surface area (Å²) in [5.74, 6) is -1.11. The molecule has 3 heterocycles. The van der Waals surface area contributed by atoms with Gasteiger partial charge in [-0.2, -0.15) is 0 Å². The Morgan fingerprint density at radius 2 is 2.03 bits per heavy atom. The quantitative estimate of drug-likeness (QED) is 0.473. The molecule has 0 unspecified atom stereocenters. The van der Waals surface area contributed by atoms with E-state index in [0.717, 1.165) is 34.8 Å². The van der Waals surface area contributed by atoms with Gasteiger partial charge in [0, 0.05) is 45.1 Å². The molecule has 1 aliphatic heterocycles. The van der Waals surface area contributed by atoms with Crippen molar-refractivity contribution in [2.75, 3.05) is 13.1 Å². The number of benzene rings is 2. The summed E-state index contributed by atoms with van der Waals surface area (Å²) in [6, 6.07) is 9.10. The number of aromatic nitrogens is 2. The Morgan fingerprint density at radius 3 is 2.80 bits per heavy atom. The highest BCUT2D eigenvalue weighted by atomic mass is 35.5. The molecule has 1 atom stereocenters. The third-order valence-electron chi connectivity index (χ3n) is 5.95. The maximum absolute atomic E-state index is 13.4. The van der Waals surface area contributed by atoms with E-state index >= 15 is 0 Å². The van der Waals surface area contributed by atoms with Crippen molar-refractivity contribution in [3.63, 3.8) is 0 Å². The molecule has 6 nitrogen and oxygen atoms in total. The number of hydrogen-bond donors (Lipinski definition) is 2. The molecule has 0 bridgehead atoms. The summed E-state index contributed by atoms with van der Waals surface area (Å²) in [5.41, 5.74) is 2.82. The van der Waals surface area contributed by atoms with E-state index in [4.69, 9.17) is 16.1 Å². The van der Waals surface area contributed by atoms with Gasteiger partial charge in [0.2, 0.25) is 0 Å². The first-order valence-corrected chi connectivity index (χ1v) is 10.2. The van der Waals surface area contributed by atoms with Crippen molar-refractivity contribution < 1.29 is 18.8 Å². The summed E-state index contributed by atoms with van der Waals surface area (Å²) in [5, 5.41) is 16.4. The number of nitrogens with one attached hydrogen (secondary N) is 1. The standard InChI is InChI=1S/C22H19ClFN3O3/c23-13-1-4-18-16(9-13)17(11-25-18)21(22(28)29)27-7-5-12(6-8-27)20-15-3-2-14(24)10-19(15)30-26-20/h1-4,9-12,21,25H,5-8H2,(H,28,29)/t21-/m0/s1. The van der Waals surface area contributed by atoms with Crippen LogP contribution in [-0.4, -0.2) is 39.2 Å². The zero-order valence-corrected chi connectivity index (χ0v) is 16.7. The maximum Gasteiger partial charge on any atom is 0.325 e. The number of fused-ring (bicyclic) bond motifs is 2. The van der Waals surface area contributed by atoms with E-state index in [-0.39, 0.29) is 11.7 Å². The number of carboxylic acids is 1. The molecule has 0 saturated carbocycles. The topological polar surface area (TPSA) is 82.4 Å². The summed E-state index contributed by atoms with van der Waals surface area (Å²) in [7, 11) is 0. The van der Waals surface area contributed by atoms with E-state index in [1.54, 1.807) is 24.4 Å². The third kappa shape index (κ3) is 3.24. The van der Waals surface area contributed by atoms with E-state index in [1.165, 1.54) is 12.1 Å². The molecular formula is C22H19ClFN3O3. The summed E-state index contributed by atoms with van der Waals surface area (Å²) in [6.07, 6.45) is 3.24. The fourth-order valence-corrected chi connectivity index (χ4v) is 4.66. The molecule has 1 saturated heterocycles. The summed E-state index contributed by atoms with van der Waals surface area (Å²) in [4.78, 5) is 17.3. The van der Waals surface area contributed by atoms with Gasteiger partial charge in [0.15, 0.2) is 5.58 Å². The van der Waals surface area contributed by atoms with Crippen molar-refractivity contribution in [3.05, 3.63) is 64.7 Å². The van der Waals surface area contributed by atoms with Crippen LogP contribution in [0.3, 0.4) is 0 Å². The average Bonchev–Trinajstić information content (AvgIpc) is 3.32. The van der Waals surface area contributed by atoms with E-state index in [9.17, 15) is 14.3 Å². The number of hydrogen-bond acceptors (Lipinski definition) is 4. The first-order valence-electron chi connectivity index (χ1n) is 9.79. The van der Waals surface area contributed by atoms with Crippen molar-refractivity contribution >= 4 is 39.4 Å². The molecule has 1 fully saturated rings. The first kappa shape index (κ1) is 19.1. The lowest BCUT2D eigenvalue weighted by Crippen LogP contribution is -2.39. The minimum absolute atomic E-state index is 0.139. The van der Waals surface area contributed by atoms with Crippen LogP contribution in [0.1, 0.15) is 36.1 Å². The lowest BCUT2D eigenvalue weighted by atomic mass is 9.90. The predicted molar refractivity (Wildman–Crippen MR) is 111 cm³/mol. The molecule has 5 rings (SSSR count). The molecule has 2 aromatic heterocycles. The SMILES string of the molecule is O=C(O)[C@H](c1c[nH]c2ccc(Cl)cc12)N1CCC(c2noc3cc(F)ccc23)CC1. The highest BCUT2D eigenvalue weighted by Crippen LogP contribution is 2.37. The van der Waals surface area contributed by atoms with Gasteiger partial charge in [-0.25, -0.2) is 4.39 Å². The Kier molecular flexibility index (Phi) is 4.72. The van der Waals surface area contributed by atoms with Gasteiger partial charge in [0.1, 0.15) is 11.9 Å². The zero-order chi connectivity index (χ0) is 20.8. The molecule has 1 aliphatic rings. The minimum Gasteiger partial charge on any atom is -0.480 e. The molecular weight excluding hydrogens is 409 g/mol. The second-order valence-electron chi connectivity index (χ2n) is 7.69. The number of halogens is 2. The van der Waals surface area contributed by atoms with Crippen LogP contribution in [-0.2, 0) is 4.79 Å². The number of rotatable bonds is 4. The summed E-state index contributed by atoms with van der Waals surface area (Å²) in [6.45, 7) is 1.20. The van der Waals surface area contributed by atoms with Crippen molar-refractivity contribution in [2.24, 2.45) is 0 Å². The molecule has 8 heteroatoms. The summed E-state index contributed by atoms with van der Waals surface area (Å²) < 4.78 is 18.7. The van der Waals surface area contributed by atoms with Gasteiger partial charge in [-0.3, -0.25) is 9.69 Å². The molecule has 0 amide bonds. The van der Waals surface area contributed by atoms with E-state index < -0.39 is 12.0 Å². The number of aromatic amines is 1. The van der Waals surface area contributed by atoms with Crippen LogP contribution in [0.25, 0.3) is 21.9 Å². The fraction of sp³-hybridized carbons (Fsp3) is 0.273. The van der Waals surface area contributed by atoms with Crippen molar-refractivity contribution in [2.45, 2.75) is 24.8 Å². The highest BCUT2D eigenvalue weighted by Gasteiger charge is 2.34. The van der Waals surface area contributed by atoms with Crippen LogP contribution < -0.4 is 0 Å². The Balaban J connectivity index is 1.40. The molecule has 30 heavy (non-hydrogen) atoms. The lowest BCUT2D eigenvalue weighted by Gasteiger charge is -2.35. The number of likely N-dealkylation sites (tertiary alicyclic amines) is 1. The normalized spacial score (nSPS) is 17.0. The van der Waals surface area contributed by atoms with E-state index in [2.05, 4.69) is 10.1 Å². The zero-order valence-electron chi connectivity index (χ0n) is 15.9. The second kappa shape index (κ2) is 7.41. The van der Waals surface area contributed by atoms with Gasteiger partial charge in [-0.1, -0.05) is 16.8 Å². The van der Waals surface area contributed by atoms with Gasteiger partial charge in [0.25, 0.3) is 0 Å². The monoisotopic (exact) mass is 427 g/mol. The average molecular weight is 428 g/mol.